The molecular weight excluding hydrogens is 218 g/mol. The number of hydrogen-bond donors (Lipinski definition) is 3. The molecule has 1 rings (SSSR count). The molecule has 0 spiro atoms. The van der Waals surface area contributed by atoms with Crippen molar-refractivity contribution in [3.05, 3.63) is 29.3 Å². The summed E-state index contributed by atoms with van der Waals surface area (Å²) in [6.45, 7) is 5.36. The summed E-state index contributed by atoms with van der Waals surface area (Å²) in [7, 11) is 0. The molecule has 1 aromatic rings. The lowest BCUT2D eigenvalue weighted by atomic mass is 10.1. The molecule has 0 aliphatic heterocycles. The van der Waals surface area contributed by atoms with E-state index in [9.17, 15) is 4.79 Å². The maximum Gasteiger partial charge on any atom is 0.411 e. The van der Waals surface area contributed by atoms with Crippen molar-refractivity contribution in [2.45, 2.75) is 26.9 Å². The first-order valence-corrected chi connectivity index (χ1v) is 5.33. The Hall–Kier alpha value is -2.04. The van der Waals surface area contributed by atoms with Crippen LogP contribution in [0.25, 0.3) is 0 Å². The normalized spacial score (nSPS) is 10.1. The zero-order valence-electron chi connectivity index (χ0n) is 10.2. The fourth-order valence-corrected chi connectivity index (χ4v) is 1.48. The molecule has 0 fully saturated rings. The molecule has 0 unspecified atom stereocenters. The predicted octanol–water partition coefficient (Wildman–Crippen LogP) is 2.24. The lowest BCUT2D eigenvalue weighted by Gasteiger charge is -2.13. The number of anilines is 1. The maximum absolute atomic E-state index is 11.5. The average Bonchev–Trinajstić information content (AvgIpc) is 2.15. The molecule has 5 heteroatoms. The molecule has 0 saturated heterocycles. The number of aryl methyl sites for hydroxylation is 1. The van der Waals surface area contributed by atoms with Crippen LogP contribution < -0.4 is 11.1 Å². The molecule has 1 amide bonds. The smallest absolute Gasteiger partial charge is 0.411 e. The van der Waals surface area contributed by atoms with Gasteiger partial charge >= 0.3 is 6.09 Å². The van der Waals surface area contributed by atoms with Crippen LogP contribution in [0.3, 0.4) is 0 Å². The maximum atomic E-state index is 11.5. The third-order valence-corrected chi connectivity index (χ3v) is 2.12. The minimum Gasteiger partial charge on any atom is -0.447 e. The van der Waals surface area contributed by atoms with Gasteiger partial charge in [-0.15, -0.1) is 0 Å². The van der Waals surface area contributed by atoms with E-state index in [-0.39, 0.29) is 11.9 Å². The van der Waals surface area contributed by atoms with Crippen LogP contribution in [0.2, 0.25) is 0 Å². The number of hydrogen-bond acceptors (Lipinski definition) is 3. The lowest BCUT2D eigenvalue weighted by molar-refractivity contribution is 0.130. The van der Waals surface area contributed by atoms with Crippen LogP contribution in [-0.2, 0) is 4.74 Å². The van der Waals surface area contributed by atoms with Crippen molar-refractivity contribution < 1.29 is 9.53 Å². The van der Waals surface area contributed by atoms with Crippen molar-refractivity contribution in [3.63, 3.8) is 0 Å². The minimum absolute atomic E-state index is 0.0806. The molecular formula is C12H17N3O2. The summed E-state index contributed by atoms with van der Waals surface area (Å²) in [5.74, 6) is -0.0806. The largest absolute Gasteiger partial charge is 0.447 e. The van der Waals surface area contributed by atoms with Crippen LogP contribution in [0.1, 0.15) is 25.0 Å². The van der Waals surface area contributed by atoms with E-state index < -0.39 is 6.09 Å². The first kappa shape index (κ1) is 13.0. The average molecular weight is 235 g/mol. The third-order valence-electron chi connectivity index (χ3n) is 2.12. The molecule has 0 heterocycles. The second-order valence-electron chi connectivity index (χ2n) is 3.99. The number of nitrogens with two attached hydrogens (primary N) is 1. The molecule has 0 bridgehead atoms. The molecule has 17 heavy (non-hydrogen) atoms. The van der Waals surface area contributed by atoms with Crippen molar-refractivity contribution >= 4 is 17.6 Å². The highest BCUT2D eigenvalue weighted by molar-refractivity contribution is 6.04. The fraction of sp³-hybridized carbons (Fsp3) is 0.333. The summed E-state index contributed by atoms with van der Waals surface area (Å²) in [5.41, 5.74) is 7.33. The molecule has 0 aliphatic carbocycles. The van der Waals surface area contributed by atoms with E-state index >= 15 is 0 Å². The van der Waals surface area contributed by atoms with E-state index in [2.05, 4.69) is 5.32 Å². The first-order valence-electron chi connectivity index (χ1n) is 5.33. The van der Waals surface area contributed by atoms with E-state index in [0.717, 1.165) is 5.56 Å². The number of nitrogens with one attached hydrogen (secondary N) is 2. The van der Waals surface area contributed by atoms with Gasteiger partial charge in [-0.3, -0.25) is 10.7 Å². The number of amides is 1. The van der Waals surface area contributed by atoms with Crippen LogP contribution in [0.5, 0.6) is 0 Å². The van der Waals surface area contributed by atoms with Crippen molar-refractivity contribution in [3.8, 4) is 0 Å². The minimum atomic E-state index is -0.548. The van der Waals surface area contributed by atoms with Gasteiger partial charge in [-0.2, -0.15) is 0 Å². The molecule has 0 radical (unpaired) electrons. The molecule has 1 aromatic carbocycles. The van der Waals surface area contributed by atoms with Crippen molar-refractivity contribution in [1.29, 1.82) is 5.41 Å². The Morgan fingerprint density at radius 2 is 2.12 bits per heavy atom. The molecule has 0 atom stereocenters. The van der Waals surface area contributed by atoms with Crippen LogP contribution in [0, 0.1) is 12.3 Å². The lowest BCUT2D eigenvalue weighted by Crippen LogP contribution is -2.22. The number of ether oxygens (including phenoxy) is 1. The standard InChI is InChI=1S/C12H17N3O2/c1-7(2)17-12(16)15-9-6-4-5-8(3)10(9)11(13)14/h4-7H,1-3H3,(H3,13,14)(H,15,16). The highest BCUT2D eigenvalue weighted by Gasteiger charge is 2.12. The van der Waals surface area contributed by atoms with Crippen LogP contribution in [0.4, 0.5) is 10.5 Å². The second kappa shape index (κ2) is 5.34. The zero-order valence-corrected chi connectivity index (χ0v) is 10.2. The Kier molecular flexibility index (Phi) is 4.09. The zero-order chi connectivity index (χ0) is 13.0. The number of nitrogen functional groups attached to an aromatic ring is 1. The van der Waals surface area contributed by atoms with Crippen molar-refractivity contribution in [1.82, 2.24) is 0 Å². The quantitative estimate of drug-likeness (QED) is 0.554. The van der Waals surface area contributed by atoms with Gasteiger partial charge < -0.3 is 10.5 Å². The SMILES string of the molecule is Cc1cccc(NC(=O)OC(C)C)c1C(=N)N. The van der Waals surface area contributed by atoms with Crippen LogP contribution >= 0.6 is 0 Å². The Morgan fingerprint density at radius 3 is 2.65 bits per heavy atom. The molecule has 0 aliphatic rings. The molecule has 92 valence electrons. The second-order valence-corrected chi connectivity index (χ2v) is 3.99. The highest BCUT2D eigenvalue weighted by Crippen LogP contribution is 2.19. The van der Waals surface area contributed by atoms with Gasteiger partial charge in [0.05, 0.1) is 11.8 Å². The van der Waals surface area contributed by atoms with Gasteiger partial charge in [-0.05, 0) is 32.4 Å². The number of amidine groups is 1. The van der Waals surface area contributed by atoms with Gasteiger partial charge in [-0.25, -0.2) is 4.79 Å². The molecule has 5 nitrogen and oxygen atoms in total. The molecule has 0 aromatic heterocycles. The number of benzene rings is 1. The van der Waals surface area contributed by atoms with Gasteiger partial charge in [0.25, 0.3) is 0 Å². The topological polar surface area (TPSA) is 88.2 Å². The summed E-state index contributed by atoms with van der Waals surface area (Å²) in [5, 5.41) is 10.1. The molecule has 0 saturated carbocycles. The summed E-state index contributed by atoms with van der Waals surface area (Å²) in [6, 6.07) is 5.30. The fourth-order valence-electron chi connectivity index (χ4n) is 1.48. The monoisotopic (exact) mass is 235 g/mol. The Morgan fingerprint density at radius 1 is 1.47 bits per heavy atom. The van der Waals surface area contributed by atoms with Crippen LogP contribution in [0.15, 0.2) is 18.2 Å². The van der Waals surface area contributed by atoms with Gasteiger partial charge in [0.15, 0.2) is 0 Å². The van der Waals surface area contributed by atoms with Gasteiger partial charge in [0.1, 0.15) is 5.84 Å². The Bertz CT molecular complexity index is 441. The van der Waals surface area contributed by atoms with Crippen LogP contribution in [-0.4, -0.2) is 18.0 Å². The highest BCUT2D eigenvalue weighted by atomic mass is 16.6. The first-order chi connectivity index (χ1) is 7.91. The van der Waals surface area contributed by atoms with Crippen molar-refractivity contribution in [2.24, 2.45) is 5.73 Å². The predicted molar refractivity (Wildman–Crippen MR) is 67.4 cm³/mol. The summed E-state index contributed by atoms with van der Waals surface area (Å²) < 4.78 is 4.97. The summed E-state index contributed by atoms with van der Waals surface area (Å²) >= 11 is 0. The van der Waals surface area contributed by atoms with E-state index in [1.807, 2.05) is 13.0 Å². The van der Waals surface area contributed by atoms with E-state index in [4.69, 9.17) is 15.9 Å². The Balaban J connectivity index is 2.95. The number of carbonyl (C=O) groups excluding carboxylic acids is 1. The number of rotatable bonds is 3. The molecule has 4 N–H and O–H groups in total. The van der Waals surface area contributed by atoms with Gasteiger partial charge in [0, 0.05) is 5.56 Å². The van der Waals surface area contributed by atoms with Gasteiger partial charge in [0.2, 0.25) is 0 Å². The third kappa shape index (κ3) is 3.48. The number of carbonyl (C=O) groups is 1. The summed E-state index contributed by atoms with van der Waals surface area (Å²) in [4.78, 5) is 11.5. The van der Waals surface area contributed by atoms with Gasteiger partial charge in [-0.1, -0.05) is 12.1 Å². The van der Waals surface area contributed by atoms with Crippen molar-refractivity contribution in [2.75, 3.05) is 5.32 Å². The van der Waals surface area contributed by atoms with E-state index in [0.29, 0.717) is 11.3 Å². The Labute approximate surface area is 100 Å². The van der Waals surface area contributed by atoms with E-state index in [1.165, 1.54) is 0 Å². The van der Waals surface area contributed by atoms with E-state index in [1.54, 1.807) is 26.0 Å². The summed E-state index contributed by atoms with van der Waals surface area (Å²) in [6.07, 6.45) is -0.742.